The highest BCUT2D eigenvalue weighted by Crippen LogP contribution is 2.10. The van der Waals surface area contributed by atoms with E-state index in [2.05, 4.69) is 22.9 Å². The van der Waals surface area contributed by atoms with Crippen molar-refractivity contribution in [3.63, 3.8) is 0 Å². The molecule has 0 fully saturated rings. The van der Waals surface area contributed by atoms with Crippen molar-refractivity contribution < 1.29 is 9.90 Å². The zero-order valence-corrected chi connectivity index (χ0v) is 10.1. The van der Waals surface area contributed by atoms with E-state index in [0.29, 0.717) is 5.56 Å². The van der Waals surface area contributed by atoms with Crippen molar-refractivity contribution in [3.05, 3.63) is 35.4 Å². The van der Waals surface area contributed by atoms with E-state index in [1.807, 2.05) is 22.3 Å². The fraction of sp³-hybridized carbons (Fsp3) is 0.300. The Labute approximate surface area is 97.2 Å². The molecule has 14 heavy (non-hydrogen) atoms. The van der Waals surface area contributed by atoms with E-state index in [4.69, 9.17) is 5.11 Å². The molecule has 1 aromatic carbocycles. The summed E-state index contributed by atoms with van der Waals surface area (Å²) in [4.78, 5) is 10.9. The molecule has 0 atom stereocenters. The number of carboxylic acids is 1. The third-order valence-electron chi connectivity index (χ3n) is 1.94. The molecule has 4 heteroatoms. The molecule has 0 saturated carbocycles. The number of nitrogens with zero attached hydrogens (tertiary/aromatic N) is 1. The lowest BCUT2D eigenvalue weighted by atomic mass is 10.1. The SMILES string of the molecule is CN(I)CCc1ccccc1C(=O)O. The van der Waals surface area contributed by atoms with Gasteiger partial charge in [-0.1, -0.05) is 18.2 Å². The summed E-state index contributed by atoms with van der Waals surface area (Å²) < 4.78 is 2.01. The molecule has 0 unspecified atom stereocenters. The highest BCUT2D eigenvalue weighted by atomic mass is 127. The van der Waals surface area contributed by atoms with Gasteiger partial charge in [0.25, 0.3) is 0 Å². The molecule has 0 aliphatic heterocycles. The molecular formula is C10H12INO2. The van der Waals surface area contributed by atoms with Crippen LogP contribution < -0.4 is 0 Å². The summed E-state index contributed by atoms with van der Waals surface area (Å²) in [5.74, 6) is -0.850. The van der Waals surface area contributed by atoms with Gasteiger partial charge in [-0.3, -0.25) is 3.11 Å². The summed E-state index contributed by atoms with van der Waals surface area (Å²) in [5, 5.41) is 8.92. The van der Waals surface area contributed by atoms with Gasteiger partial charge in [0.1, 0.15) is 0 Å². The maximum absolute atomic E-state index is 10.9. The van der Waals surface area contributed by atoms with E-state index >= 15 is 0 Å². The molecule has 1 N–H and O–H groups in total. The number of benzene rings is 1. The van der Waals surface area contributed by atoms with Gasteiger partial charge in [0.2, 0.25) is 0 Å². The smallest absolute Gasteiger partial charge is 0.335 e. The summed E-state index contributed by atoms with van der Waals surface area (Å²) in [6.45, 7) is 0.852. The van der Waals surface area contributed by atoms with Gasteiger partial charge in [0, 0.05) is 29.4 Å². The van der Waals surface area contributed by atoms with Crippen molar-refractivity contribution in [1.82, 2.24) is 3.11 Å². The van der Waals surface area contributed by atoms with Crippen molar-refractivity contribution >= 4 is 28.8 Å². The number of halogens is 1. The van der Waals surface area contributed by atoms with Crippen molar-refractivity contribution in [2.24, 2.45) is 0 Å². The average Bonchev–Trinajstić information content (AvgIpc) is 2.15. The summed E-state index contributed by atoms with van der Waals surface area (Å²) >= 11 is 2.18. The second-order valence-electron chi connectivity index (χ2n) is 3.04. The standard InChI is InChI=1S/C10H12INO2/c1-12(11)7-6-8-4-2-3-5-9(8)10(13)14/h2-5H,6-7H2,1H3,(H,13,14). The number of likely N-dealkylation sites (N-methyl/N-ethyl adjacent to an activating group) is 1. The van der Waals surface area contributed by atoms with Crippen LogP contribution in [-0.2, 0) is 6.42 Å². The first-order valence-electron chi connectivity index (χ1n) is 4.29. The van der Waals surface area contributed by atoms with Gasteiger partial charge in [-0.15, -0.1) is 0 Å². The molecule has 0 amide bonds. The number of rotatable bonds is 4. The second kappa shape index (κ2) is 5.31. The van der Waals surface area contributed by atoms with Crippen molar-refractivity contribution in [2.75, 3.05) is 13.6 Å². The van der Waals surface area contributed by atoms with Crippen LogP contribution in [0.25, 0.3) is 0 Å². The van der Waals surface area contributed by atoms with Gasteiger partial charge in [-0.2, -0.15) is 0 Å². The predicted octanol–water partition coefficient (Wildman–Crippen LogP) is 2.21. The molecule has 0 saturated heterocycles. The first kappa shape index (κ1) is 11.5. The minimum atomic E-state index is -0.850. The Kier molecular flexibility index (Phi) is 4.34. The normalized spacial score (nSPS) is 10.5. The second-order valence-corrected chi connectivity index (χ2v) is 4.69. The summed E-state index contributed by atoms with van der Waals surface area (Å²) in [6.07, 6.45) is 0.766. The van der Waals surface area contributed by atoms with E-state index < -0.39 is 5.97 Å². The zero-order valence-electron chi connectivity index (χ0n) is 7.90. The molecule has 0 aliphatic rings. The minimum Gasteiger partial charge on any atom is -0.478 e. The van der Waals surface area contributed by atoms with Crippen LogP contribution in [-0.4, -0.2) is 27.8 Å². The Balaban J connectivity index is 2.79. The summed E-state index contributed by atoms with van der Waals surface area (Å²) in [6, 6.07) is 7.13. The van der Waals surface area contributed by atoms with Crippen molar-refractivity contribution in [1.29, 1.82) is 0 Å². The lowest BCUT2D eigenvalue weighted by molar-refractivity contribution is 0.0695. The largest absolute Gasteiger partial charge is 0.478 e. The fourth-order valence-corrected chi connectivity index (χ4v) is 1.46. The van der Waals surface area contributed by atoms with Crippen LogP contribution in [0.4, 0.5) is 0 Å². The van der Waals surface area contributed by atoms with Crippen LogP contribution in [0.1, 0.15) is 15.9 Å². The maximum atomic E-state index is 10.9. The van der Waals surface area contributed by atoms with E-state index in [-0.39, 0.29) is 0 Å². The highest BCUT2D eigenvalue weighted by molar-refractivity contribution is 14.1. The van der Waals surface area contributed by atoms with Gasteiger partial charge in [0.05, 0.1) is 5.56 Å². The topological polar surface area (TPSA) is 40.5 Å². The number of hydrogen-bond donors (Lipinski definition) is 1. The van der Waals surface area contributed by atoms with E-state index in [1.54, 1.807) is 12.1 Å². The summed E-state index contributed by atoms with van der Waals surface area (Å²) in [7, 11) is 1.96. The molecular weight excluding hydrogens is 293 g/mol. The molecule has 0 aliphatic carbocycles. The fourth-order valence-electron chi connectivity index (χ4n) is 1.22. The molecule has 0 aromatic heterocycles. The van der Waals surface area contributed by atoms with E-state index in [1.165, 1.54) is 0 Å². The van der Waals surface area contributed by atoms with Gasteiger partial charge in [-0.05, 0) is 25.1 Å². The van der Waals surface area contributed by atoms with Crippen LogP contribution in [0, 0.1) is 0 Å². The quantitative estimate of drug-likeness (QED) is 0.685. The molecule has 0 heterocycles. The van der Waals surface area contributed by atoms with Gasteiger partial charge >= 0.3 is 5.97 Å². The van der Waals surface area contributed by atoms with Crippen LogP contribution in [0.2, 0.25) is 0 Å². The lowest BCUT2D eigenvalue weighted by Crippen LogP contribution is -2.11. The van der Waals surface area contributed by atoms with Crippen molar-refractivity contribution in [2.45, 2.75) is 6.42 Å². The van der Waals surface area contributed by atoms with Gasteiger partial charge in [-0.25, -0.2) is 4.79 Å². The van der Waals surface area contributed by atoms with Crippen LogP contribution in [0.15, 0.2) is 24.3 Å². The molecule has 76 valence electrons. The molecule has 0 spiro atoms. The Morgan fingerprint density at radius 2 is 2.14 bits per heavy atom. The third-order valence-corrected chi connectivity index (χ3v) is 2.42. The molecule has 0 radical (unpaired) electrons. The Morgan fingerprint density at radius 3 is 2.71 bits per heavy atom. The first-order chi connectivity index (χ1) is 6.61. The monoisotopic (exact) mass is 305 g/mol. The number of carbonyl (C=O) groups is 1. The molecule has 1 aromatic rings. The number of aromatic carboxylic acids is 1. The van der Waals surface area contributed by atoms with Crippen LogP contribution in [0.3, 0.4) is 0 Å². The van der Waals surface area contributed by atoms with Gasteiger partial charge < -0.3 is 5.11 Å². The molecule has 0 bridgehead atoms. The predicted molar refractivity (Wildman–Crippen MR) is 63.8 cm³/mol. The highest BCUT2D eigenvalue weighted by Gasteiger charge is 2.08. The van der Waals surface area contributed by atoms with Gasteiger partial charge in [0.15, 0.2) is 0 Å². The Hall–Kier alpha value is -0.620. The van der Waals surface area contributed by atoms with E-state index in [9.17, 15) is 4.79 Å². The molecule has 1 rings (SSSR count). The lowest BCUT2D eigenvalue weighted by Gasteiger charge is -2.08. The Morgan fingerprint density at radius 1 is 1.50 bits per heavy atom. The number of carboxylic acid groups (broad SMARTS) is 1. The third kappa shape index (κ3) is 3.26. The summed E-state index contributed by atoms with van der Waals surface area (Å²) in [5.41, 5.74) is 1.30. The van der Waals surface area contributed by atoms with Crippen LogP contribution in [0.5, 0.6) is 0 Å². The molecule has 3 nitrogen and oxygen atoms in total. The Bertz CT molecular complexity index is 326. The maximum Gasteiger partial charge on any atom is 0.335 e. The van der Waals surface area contributed by atoms with Crippen molar-refractivity contribution in [3.8, 4) is 0 Å². The average molecular weight is 305 g/mol. The van der Waals surface area contributed by atoms with Crippen LogP contribution >= 0.6 is 22.9 Å². The zero-order chi connectivity index (χ0) is 10.6. The minimum absolute atomic E-state index is 0.408. The number of hydrogen-bond acceptors (Lipinski definition) is 2. The van der Waals surface area contributed by atoms with E-state index in [0.717, 1.165) is 18.5 Å². The first-order valence-corrected chi connectivity index (χ1v) is 5.26.